The van der Waals surface area contributed by atoms with Crippen LogP contribution in [0.2, 0.25) is 0 Å². The first-order valence-electron chi connectivity index (χ1n) is 10.4. The van der Waals surface area contributed by atoms with Crippen LogP contribution < -0.4 is 5.32 Å². The number of hydrogen-bond acceptors (Lipinski definition) is 6. The van der Waals surface area contributed by atoms with Gasteiger partial charge in [0, 0.05) is 12.2 Å². The number of thioether (sulfide) groups is 1. The van der Waals surface area contributed by atoms with Gasteiger partial charge in [-0.25, -0.2) is 9.79 Å². The average Bonchev–Trinajstić information content (AvgIpc) is 3.12. The predicted molar refractivity (Wildman–Crippen MR) is 125 cm³/mol. The van der Waals surface area contributed by atoms with Gasteiger partial charge in [-0.05, 0) is 30.7 Å². The number of nitrogens with zero attached hydrogens (tertiary/aromatic N) is 2. The average molecular weight is 440 g/mol. The first-order valence-corrected chi connectivity index (χ1v) is 11.3. The maximum Gasteiger partial charge on any atom is 0.338 e. The van der Waals surface area contributed by atoms with E-state index >= 15 is 0 Å². The summed E-state index contributed by atoms with van der Waals surface area (Å²) in [5, 5.41) is 5.67. The molecule has 0 radical (unpaired) electrons. The molecule has 0 spiro atoms. The summed E-state index contributed by atoms with van der Waals surface area (Å²) >= 11 is 1.47. The fourth-order valence-electron chi connectivity index (χ4n) is 3.45. The minimum absolute atomic E-state index is 0.0495. The highest BCUT2D eigenvalue weighted by molar-refractivity contribution is 8.16. The van der Waals surface area contributed by atoms with Gasteiger partial charge in [-0.3, -0.25) is 4.79 Å². The molecule has 0 aliphatic carbocycles. The molecule has 0 aromatic heterocycles. The summed E-state index contributed by atoms with van der Waals surface area (Å²) in [6.07, 6.45) is 1.76. The molecule has 2 aliphatic heterocycles. The van der Waals surface area contributed by atoms with Crippen molar-refractivity contribution in [3.05, 3.63) is 70.4 Å². The van der Waals surface area contributed by atoms with E-state index in [9.17, 15) is 9.59 Å². The van der Waals surface area contributed by atoms with E-state index in [4.69, 9.17) is 4.74 Å². The third kappa shape index (κ3) is 5.28. The maximum atomic E-state index is 13.0. The van der Waals surface area contributed by atoms with E-state index in [1.165, 1.54) is 11.8 Å². The molecular weight excluding hydrogens is 410 g/mol. The van der Waals surface area contributed by atoms with E-state index in [0.717, 1.165) is 22.0 Å². The van der Waals surface area contributed by atoms with Crippen LogP contribution in [0.3, 0.4) is 0 Å². The minimum atomic E-state index is -0.425. The Balaban J connectivity index is 1.97. The van der Waals surface area contributed by atoms with Crippen molar-refractivity contribution in [2.24, 2.45) is 10.9 Å². The summed E-state index contributed by atoms with van der Waals surface area (Å²) < 4.78 is 5.39. The summed E-state index contributed by atoms with van der Waals surface area (Å²) in [5.74, 6) is -0.0992. The van der Waals surface area contributed by atoms with E-state index in [-0.39, 0.29) is 18.9 Å². The SMILES string of the molecule is C=CCOC(=O)C1=C(C)N=C2SC=C(CC(=O)NCC(C)C)N2C1c1ccc(C)cc1. The second kappa shape index (κ2) is 10.0. The molecule has 0 saturated carbocycles. The van der Waals surface area contributed by atoms with E-state index in [1.54, 1.807) is 6.08 Å². The third-order valence-electron chi connectivity index (χ3n) is 5.00. The lowest BCUT2D eigenvalue weighted by atomic mass is 9.93. The Labute approximate surface area is 188 Å². The molecule has 0 bridgehead atoms. The summed E-state index contributed by atoms with van der Waals surface area (Å²) in [6.45, 7) is 12.3. The van der Waals surface area contributed by atoms with Gasteiger partial charge in [-0.15, -0.1) is 0 Å². The number of fused-ring (bicyclic) bond motifs is 1. The van der Waals surface area contributed by atoms with E-state index in [0.29, 0.717) is 23.7 Å². The fraction of sp³-hybridized carbons (Fsp3) is 0.375. The molecule has 1 aromatic rings. The molecule has 7 heteroatoms. The molecule has 1 amide bonds. The normalized spacial score (nSPS) is 17.8. The molecule has 1 atom stereocenters. The summed E-state index contributed by atoms with van der Waals surface area (Å²) in [6, 6.07) is 7.65. The van der Waals surface area contributed by atoms with Crippen molar-refractivity contribution in [1.29, 1.82) is 0 Å². The van der Waals surface area contributed by atoms with Crippen molar-refractivity contribution in [3.63, 3.8) is 0 Å². The highest BCUT2D eigenvalue weighted by Gasteiger charge is 2.41. The lowest BCUT2D eigenvalue weighted by Crippen LogP contribution is -2.38. The quantitative estimate of drug-likeness (QED) is 0.478. The van der Waals surface area contributed by atoms with Gasteiger partial charge in [-0.2, -0.15) is 0 Å². The molecule has 164 valence electrons. The molecule has 0 fully saturated rings. The number of rotatable bonds is 8. The highest BCUT2D eigenvalue weighted by Crippen LogP contribution is 2.44. The van der Waals surface area contributed by atoms with Crippen molar-refractivity contribution in [3.8, 4) is 0 Å². The number of aryl methyl sites for hydroxylation is 1. The van der Waals surface area contributed by atoms with Crippen LogP contribution >= 0.6 is 11.8 Å². The van der Waals surface area contributed by atoms with Crippen LogP contribution in [0.15, 0.2) is 64.3 Å². The third-order valence-corrected chi connectivity index (χ3v) is 5.88. The Morgan fingerprint density at radius 1 is 1.29 bits per heavy atom. The number of aliphatic imine (C=N–C) groups is 1. The van der Waals surface area contributed by atoms with Crippen LogP contribution in [0.4, 0.5) is 0 Å². The largest absolute Gasteiger partial charge is 0.458 e. The van der Waals surface area contributed by atoms with Crippen molar-refractivity contribution in [2.75, 3.05) is 13.2 Å². The van der Waals surface area contributed by atoms with Crippen LogP contribution in [-0.2, 0) is 14.3 Å². The first-order chi connectivity index (χ1) is 14.8. The highest BCUT2D eigenvalue weighted by atomic mass is 32.2. The minimum Gasteiger partial charge on any atom is -0.458 e. The van der Waals surface area contributed by atoms with Crippen molar-refractivity contribution in [2.45, 2.75) is 40.2 Å². The van der Waals surface area contributed by atoms with Gasteiger partial charge in [0.1, 0.15) is 6.61 Å². The van der Waals surface area contributed by atoms with Crippen LogP contribution in [0.1, 0.15) is 44.4 Å². The Hall–Kier alpha value is -2.80. The molecule has 6 nitrogen and oxygen atoms in total. The lowest BCUT2D eigenvalue weighted by molar-refractivity contribution is -0.138. The number of hydrogen-bond donors (Lipinski definition) is 1. The molecule has 2 aliphatic rings. The summed E-state index contributed by atoms with van der Waals surface area (Å²) in [7, 11) is 0. The Kier molecular flexibility index (Phi) is 7.38. The van der Waals surface area contributed by atoms with E-state index in [2.05, 4.69) is 30.7 Å². The van der Waals surface area contributed by atoms with Crippen molar-refractivity contribution >= 4 is 28.8 Å². The predicted octanol–water partition coefficient (Wildman–Crippen LogP) is 4.46. The second-order valence-corrected chi connectivity index (χ2v) is 8.90. The standard InChI is InChI=1S/C24H29N3O3S/c1-6-11-30-23(29)21-17(5)26-24-27(22(21)18-9-7-16(4)8-10-18)19(14-31-24)12-20(28)25-13-15(2)3/h6-10,14-15,22H,1,11-13H2,2-5H3,(H,25,28). The number of esters is 1. The fourth-order valence-corrected chi connectivity index (χ4v) is 4.42. The monoisotopic (exact) mass is 439 g/mol. The molecule has 0 saturated heterocycles. The number of carbonyl (C=O) groups is 2. The lowest BCUT2D eigenvalue weighted by Gasteiger charge is -2.36. The van der Waals surface area contributed by atoms with Gasteiger partial charge in [0.25, 0.3) is 0 Å². The number of amidine groups is 1. The number of nitrogens with one attached hydrogen (secondary N) is 1. The number of allylic oxidation sites excluding steroid dienone is 1. The number of benzene rings is 1. The van der Waals surface area contributed by atoms with Crippen molar-refractivity contribution in [1.82, 2.24) is 10.2 Å². The molecule has 1 aromatic carbocycles. The molecule has 1 N–H and O–H groups in total. The van der Waals surface area contributed by atoms with Gasteiger partial charge in [0.2, 0.25) is 5.91 Å². The topological polar surface area (TPSA) is 71.0 Å². The Morgan fingerprint density at radius 3 is 2.65 bits per heavy atom. The molecule has 2 heterocycles. The van der Waals surface area contributed by atoms with Crippen LogP contribution in [0.25, 0.3) is 0 Å². The smallest absolute Gasteiger partial charge is 0.338 e. The Morgan fingerprint density at radius 2 is 2.00 bits per heavy atom. The summed E-state index contributed by atoms with van der Waals surface area (Å²) in [4.78, 5) is 32.2. The number of carbonyl (C=O) groups excluding carboxylic acids is 2. The van der Waals surface area contributed by atoms with E-state index in [1.807, 2.05) is 48.4 Å². The zero-order valence-electron chi connectivity index (χ0n) is 18.5. The van der Waals surface area contributed by atoms with Crippen LogP contribution in [-0.4, -0.2) is 35.1 Å². The van der Waals surface area contributed by atoms with Crippen molar-refractivity contribution < 1.29 is 14.3 Å². The van der Waals surface area contributed by atoms with Gasteiger partial charge in [0.15, 0.2) is 5.17 Å². The van der Waals surface area contributed by atoms with Gasteiger partial charge >= 0.3 is 5.97 Å². The van der Waals surface area contributed by atoms with Gasteiger partial charge in [0.05, 0.1) is 23.7 Å². The second-order valence-electron chi connectivity index (χ2n) is 8.07. The van der Waals surface area contributed by atoms with Crippen LogP contribution in [0.5, 0.6) is 0 Å². The van der Waals surface area contributed by atoms with Gasteiger partial charge in [-0.1, -0.05) is 68.1 Å². The molecular formula is C24H29N3O3S. The zero-order chi connectivity index (χ0) is 22.5. The molecule has 3 rings (SSSR count). The first kappa shape index (κ1) is 22.9. The number of ether oxygens (including phenoxy) is 1. The molecule has 1 unspecified atom stereocenters. The summed E-state index contributed by atoms with van der Waals surface area (Å²) in [5.41, 5.74) is 3.99. The number of amides is 1. The zero-order valence-corrected chi connectivity index (χ0v) is 19.3. The Bertz CT molecular complexity index is 961. The molecule has 31 heavy (non-hydrogen) atoms. The van der Waals surface area contributed by atoms with E-state index < -0.39 is 12.0 Å². The van der Waals surface area contributed by atoms with Crippen LogP contribution in [0, 0.1) is 12.8 Å². The van der Waals surface area contributed by atoms with Gasteiger partial charge < -0.3 is 15.0 Å². The maximum absolute atomic E-state index is 13.0.